The smallest absolute Gasteiger partial charge is 0.310 e. The molecule has 2 fully saturated rings. The number of allylic oxidation sites excluding steroid dienone is 1. The van der Waals surface area contributed by atoms with Crippen molar-refractivity contribution in [3.8, 4) is 0 Å². The van der Waals surface area contributed by atoms with Crippen LogP contribution in [0, 0.1) is 40.4 Å². The SMILES string of the molecule is C=C(CC[C@@H](C)[C@H]1CC[C@H]2C3=C(C(=O)C[C@]12C)[C@@]1(C)CCC(=O)[C@](C)(O)[C@@H]1C[C@@H]3O)[C@@H](C)C(=O)O. The van der Waals surface area contributed by atoms with Gasteiger partial charge in [0, 0.05) is 29.7 Å². The highest BCUT2D eigenvalue weighted by atomic mass is 16.4. The lowest BCUT2D eigenvalue weighted by Crippen LogP contribution is -2.60. The number of hydrogen-bond donors (Lipinski definition) is 3. The van der Waals surface area contributed by atoms with Crippen LogP contribution in [-0.2, 0) is 14.4 Å². The molecule has 0 aromatic heterocycles. The molecule has 194 valence electrons. The first-order valence-electron chi connectivity index (χ1n) is 13.3. The summed E-state index contributed by atoms with van der Waals surface area (Å²) in [6.45, 7) is 13.6. The van der Waals surface area contributed by atoms with Crippen LogP contribution in [0.5, 0.6) is 0 Å². The Balaban J connectivity index is 1.63. The van der Waals surface area contributed by atoms with Crippen molar-refractivity contribution in [3.05, 3.63) is 23.3 Å². The molecule has 2 saturated carbocycles. The second-order valence-corrected chi connectivity index (χ2v) is 12.7. The molecule has 0 bridgehead atoms. The van der Waals surface area contributed by atoms with Gasteiger partial charge in [0.05, 0.1) is 12.0 Å². The Morgan fingerprint density at radius 3 is 2.46 bits per heavy atom. The topological polar surface area (TPSA) is 112 Å². The van der Waals surface area contributed by atoms with Crippen LogP contribution in [0.15, 0.2) is 23.3 Å². The highest BCUT2D eigenvalue weighted by molar-refractivity contribution is 6.00. The second-order valence-electron chi connectivity index (χ2n) is 12.7. The number of carbonyl (C=O) groups is 3. The third kappa shape index (κ3) is 3.87. The number of carboxylic acid groups (broad SMARTS) is 1. The van der Waals surface area contributed by atoms with Gasteiger partial charge >= 0.3 is 5.97 Å². The lowest BCUT2D eigenvalue weighted by molar-refractivity contribution is -0.160. The second kappa shape index (κ2) is 8.65. The van der Waals surface area contributed by atoms with E-state index in [-0.39, 0.29) is 29.3 Å². The average Bonchev–Trinajstić information content (AvgIpc) is 3.12. The Hall–Kier alpha value is -1.79. The Morgan fingerprint density at radius 2 is 1.83 bits per heavy atom. The first-order chi connectivity index (χ1) is 16.2. The van der Waals surface area contributed by atoms with E-state index in [2.05, 4.69) is 20.4 Å². The lowest BCUT2D eigenvalue weighted by Gasteiger charge is -2.57. The normalized spacial score (nSPS) is 42.7. The summed E-state index contributed by atoms with van der Waals surface area (Å²) in [5.41, 5.74) is -0.0741. The minimum absolute atomic E-state index is 0.0677. The quantitative estimate of drug-likeness (QED) is 0.477. The first kappa shape index (κ1) is 26.3. The molecule has 6 nitrogen and oxygen atoms in total. The Kier molecular flexibility index (Phi) is 6.50. The molecule has 0 heterocycles. The fourth-order valence-corrected chi connectivity index (χ4v) is 8.54. The standard InChI is InChI=1S/C29H42O6/c1-15(17(3)26(33)34)7-8-16(2)18-9-10-19-24-20(30)13-22-27(4,12-11-23(32)29(22,6)35)25(24)21(31)14-28(18,19)5/h16-20,22,30,35H,1,7-14H2,2-6H3,(H,33,34)/t16-,17-,18-,19+,20+,22-,27+,28-,29-/m1/s1. The van der Waals surface area contributed by atoms with Crippen molar-refractivity contribution in [2.24, 2.45) is 40.4 Å². The van der Waals surface area contributed by atoms with Crippen LogP contribution in [0.1, 0.15) is 86.0 Å². The van der Waals surface area contributed by atoms with Gasteiger partial charge in [0.2, 0.25) is 0 Å². The predicted molar refractivity (Wildman–Crippen MR) is 132 cm³/mol. The van der Waals surface area contributed by atoms with Gasteiger partial charge in [-0.3, -0.25) is 14.4 Å². The number of carbonyl (C=O) groups excluding carboxylic acids is 2. The number of ketones is 2. The van der Waals surface area contributed by atoms with Crippen LogP contribution in [0.2, 0.25) is 0 Å². The molecule has 6 heteroatoms. The van der Waals surface area contributed by atoms with E-state index in [0.29, 0.717) is 43.1 Å². The van der Waals surface area contributed by atoms with Crippen LogP contribution >= 0.6 is 0 Å². The van der Waals surface area contributed by atoms with Gasteiger partial charge in [-0.1, -0.05) is 32.9 Å². The van der Waals surface area contributed by atoms with E-state index >= 15 is 0 Å². The molecule has 3 N–H and O–H groups in total. The molecule has 4 aliphatic carbocycles. The van der Waals surface area contributed by atoms with E-state index in [1.54, 1.807) is 13.8 Å². The van der Waals surface area contributed by atoms with E-state index in [0.717, 1.165) is 30.4 Å². The summed E-state index contributed by atoms with van der Waals surface area (Å²) < 4.78 is 0. The van der Waals surface area contributed by atoms with E-state index in [4.69, 9.17) is 0 Å². The van der Waals surface area contributed by atoms with Crippen LogP contribution < -0.4 is 0 Å². The van der Waals surface area contributed by atoms with Crippen molar-refractivity contribution < 1.29 is 29.7 Å². The number of aliphatic hydroxyl groups is 2. The molecule has 35 heavy (non-hydrogen) atoms. The van der Waals surface area contributed by atoms with E-state index in [1.165, 1.54) is 0 Å². The van der Waals surface area contributed by atoms with Gasteiger partial charge in [-0.2, -0.15) is 0 Å². The molecule has 9 atom stereocenters. The summed E-state index contributed by atoms with van der Waals surface area (Å²) in [5.74, 6) is -1.30. The Morgan fingerprint density at radius 1 is 1.17 bits per heavy atom. The van der Waals surface area contributed by atoms with Gasteiger partial charge in [-0.15, -0.1) is 0 Å². The largest absolute Gasteiger partial charge is 0.481 e. The van der Waals surface area contributed by atoms with Crippen molar-refractivity contribution in [2.45, 2.75) is 97.7 Å². The maximum atomic E-state index is 13.9. The van der Waals surface area contributed by atoms with E-state index in [1.807, 2.05) is 6.92 Å². The van der Waals surface area contributed by atoms with Gasteiger partial charge in [-0.25, -0.2) is 0 Å². The van der Waals surface area contributed by atoms with Gasteiger partial charge in [0.25, 0.3) is 0 Å². The molecule has 0 aromatic rings. The van der Waals surface area contributed by atoms with E-state index in [9.17, 15) is 29.7 Å². The van der Waals surface area contributed by atoms with E-state index < -0.39 is 34.9 Å². The van der Waals surface area contributed by atoms with Crippen LogP contribution in [0.25, 0.3) is 0 Å². The minimum Gasteiger partial charge on any atom is -0.481 e. The molecule has 0 amide bonds. The molecular formula is C29H42O6. The van der Waals surface area contributed by atoms with Crippen LogP contribution in [0.4, 0.5) is 0 Å². The third-order valence-electron chi connectivity index (χ3n) is 10.8. The maximum Gasteiger partial charge on any atom is 0.310 e. The summed E-state index contributed by atoms with van der Waals surface area (Å²) in [6.07, 6.45) is 4.06. The molecule has 4 rings (SSSR count). The fraction of sp³-hybridized carbons (Fsp3) is 0.759. The van der Waals surface area contributed by atoms with Crippen molar-refractivity contribution in [3.63, 3.8) is 0 Å². The zero-order chi connectivity index (χ0) is 26.1. The summed E-state index contributed by atoms with van der Waals surface area (Å²) in [4.78, 5) is 37.7. The molecule has 0 aromatic carbocycles. The number of aliphatic carboxylic acids is 1. The van der Waals surface area contributed by atoms with Gasteiger partial charge in [0.1, 0.15) is 5.60 Å². The number of aliphatic hydroxyl groups excluding tert-OH is 1. The number of fused-ring (bicyclic) bond motifs is 4. The molecule has 0 spiro atoms. The summed E-state index contributed by atoms with van der Waals surface area (Å²) in [6, 6.07) is 0. The van der Waals surface area contributed by atoms with Crippen LogP contribution in [-0.4, -0.2) is 44.6 Å². The highest BCUT2D eigenvalue weighted by Gasteiger charge is 2.64. The van der Waals surface area contributed by atoms with Crippen molar-refractivity contribution in [1.82, 2.24) is 0 Å². The summed E-state index contributed by atoms with van der Waals surface area (Å²) >= 11 is 0. The zero-order valence-corrected chi connectivity index (χ0v) is 21.9. The zero-order valence-electron chi connectivity index (χ0n) is 21.9. The van der Waals surface area contributed by atoms with Gasteiger partial charge in [0.15, 0.2) is 11.6 Å². The summed E-state index contributed by atoms with van der Waals surface area (Å²) in [7, 11) is 0. The van der Waals surface area contributed by atoms with Gasteiger partial charge in [-0.05, 0) is 81.1 Å². The monoisotopic (exact) mass is 486 g/mol. The van der Waals surface area contributed by atoms with Crippen molar-refractivity contribution >= 4 is 17.5 Å². The predicted octanol–water partition coefficient (Wildman–Crippen LogP) is 4.48. The van der Waals surface area contributed by atoms with Crippen molar-refractivity contribution in [2.75, 3.05) is 0 Å². The van der Waals surface area contributed by atoms with Crippen LogP contribution in [0.3, 0.4) is 0 Å². The molecule has 0 unspecified atom stereocenters. The molecular weight excluding hydrogens is 444 g/mol. The first-order valence-corrected chi connectivity index (χ1v) is 13.3. The third-order valence-corrected chi connectivity index (χ3v) is 10.8. The minimum atomic E-state index is -1.53. The number of carboxylic acids is 1. The molecule has 0 aliphatic heterocycles. The molecule has 4 aliphatic rings. The molecule has 0 radical (unpaired) electrons. The number of hydrogen-bond acceptors (Lipinski definition) is 5. The van der Waals surface area contributed by atoms with Crippen molar-refractivity contribution in [1.29, 1.82) is 0 Å². The number of Topliss-reactive ketones (excluding diaryl/α,β-unsaturated/α-hetero) is 2. The fourth-order valence-electron chi connectivity index (χ4n) is 8.54. The lowest BCUT2D eigenvalue weighted by atomic mass is 9.47. The maximum absolute atomic E-state index is 13.9. The Labute approximate surface area is 208 Å². The van der Waals surface area contributed by atoms with Gasteiger partial charge < -0.3 is 15.3 Å². The average molecular weight is 487 g/mol. The molecule has 0 saturated heterocycles. The highest BCUT2D eigenvalue weighted by Crippen LogP contribution is 2.65. The number of rotatable bonds is 6. The Bertz CT molecular complexity index is 991. The summed E-state index contributed by atoms with van der Waals surface area (Å²) in [5, 5.41) is 31.7.